The molecule has 96 valence electrons. The maximum Gasteiger partial charge on any atom is 0.0306 e. The maximum atomic E-state index is 3.71. The number of nitrogens with one attached hydrogen (secondary N) is 2. The summed E-state index contributed by atoms with van der Waals surface area (Å²) in [5.41, 5.74) is 0.838. The molecular weight excluding hydrogens is 196 g/mol. The minimum atomic E-state index is 0.401. The third-order valence-corrected chi connectivity index (χ3v) is 4.08. The molecule has 16 heavy (non-hydrogen) atoms. The van der Waals surface area contributed by atoms with Gasteiger partial charge in [-0.25, -0.2) is 0 Å². The van der Waals surface area contributed by atoms with Gasteiger partial charge in [0.1, 0.15) is 0 Å². The zero-order valence-corrected chi connectivity index (χ0v) is 11.7. The second-order valence-electron chi connectivity index (χ2n) is 6.18. The molecule has 1 fully saturated rings. The average molecular weight is 226 g/mol. The van der Waals surface area contributed by atoms with Crippen molar-refractivity contribution < 1.29 is 0 Å². The van der Waals surface area contributed by atoms with E-state index in [0.29, 0.717) is 11.0 Å². The van der Waals surface area contributed by atoms with Crippen LogP contribution in [0.2, 0.25) is 0 Å². The van der Waals surface area contributed by atoms with E-state index in [1.54, 1.807) is 0 Å². The predicted molar refractivity (Wildman–Crippen MR) is 71.8 cm³/mol. The van der Waals surface area contributed by atoms with Crippen LogP contribution < -0.4 is 10.6 Å². The highest BCUT2D eigenvalue weighted by Gasteiger charge is 2.32. The van der Waals surface area contributed by atoms with E-state index < -0.39 is 0 Å². The van der Waals surface area contributed by atoms with Gasteiger partial charge >= 0.3 is 0 Å². The van der Waals surface area contributed by atoms with Crippen LogP contribution in [0.25, 0.3) is 0 Å². The highest BCUT2D eigenvalue weighted by molar-refractivity contribution is 4.94. The lowest BCUT2D eigenvalue weighted by Gasteiger charge is -2.32. The summed E-state index contributed by atoms with van der Waals surface area (Å²) in [4.78, 5) is 0. The first-order valence-electron chi connectivity index (χ1n) is 6.99. The molecule has 0 amide bonds. The van der Waals surface area contributed by atoms with Crippen LogP contribution in [-0.2, 0) is 0 Å². The van der Waals surface area contributed by atoms with Crippen LogP contribution in [0.15, 0.2) is 0 Å². The summed E-state index contributed by atoms with van der Waals surface area (Å²) >= 11 is 0. The summed E-state index contributed by atoms with van der Waals surface area (Å²) in [6, 6.07) is 0. The summed E-state index contributed by atoms with van der Waals surface area (Å²) in [6.07, 6.45) is 6.53. The summed E-state index contributed by atoms with van der Waals surface area (Å²) in [5, 5.41) is 7.39. The van der Waals surface area contributed by atoms with Gasteiger partial charge in [0.25, 0.3) is 0 Å². The smallest absolute Gasteiger partial charge is 0.0306 e. The quantitative estimate of drug-likeness (QED) is 0.697. The van der Waals surface area contributed by atoms with Gasteiger partial charge in [-0.15, -0.1) is 0 Å². The van der Waals surface area contributed by atoms with E-state index in [9.17, 15) is 0 Å². The Morgan fingerprint density at radius 2 is 2.06 bits per heavy atom. The van der Waals surface area contributed by atoms with Crippen molar-refractivity contribution in [3.05, 3.63) is 0 Å². The van der Waals surface area contributed by atoms with Crippen molar-refractivity contribution in [3.8, 4) is 0 Å². The molecule has 0 aromatic rings. The fraction of sp³-hybridized carbons (Fsp3) is 1.00. The van der Waals surface area contributed by atoms with Crippen molar-refractivity contribution >= 4 is 0 Å². The first kappa shape index (κ1) is 14.0. The third-order valence-electron chi connectivity index (χ3n) is 4.08. The van der Waals surface area contributed by atoms with E-state index in [0.717, 1.165) is 13.1 Å². The zero-order valence-electron chi connectivity index (χ0n) is 11.7. The first-order chi connectivity index (χ1) is 7.54. The fourth-order valence-electron chi connectivity index (χ4n) is 2.57. The Kier molecular flexibility index (Phi) is 5.26. The summed E-state index contributed by atoms with van der Waals surface area (Å²) in [6.45, 7) is 12.7. The van der Waals surface area contributed by atoms with E-state index in [1.165, 1.54) is 38.6 Å². The molecule has 0 aromatic heterocycles. The fourth-order valence-corrected chi connectivity index (χ4v) is 2.57. The molecule has 2 heteroatoms. The highest BCUT2D eigenvalue weighted by atomic mass is 15.1. The Morgan fingerprint density at radius 3 is 2.56 bits per heavy atom. The summed E-state index contributed by atoms with van der Waals surface area (Å²) in [7, 11) is 0. The molecule has 1 aliphatic heterocycles. The Balaban J connectivity index is 2.33. The Morgan fingerprint density at radius 1 is 1.31 bits per heavy atom. The van der Waals surface area contributed by atoms with Crippen molar-refractivity contribution in [3.63, 3.8) is 0 Å². The van der Waals surface area contributed by atoms with Gasteiger partial charge in [-0.2, -0.15) is 0 Å². The molecule has 0 radical (unpaired) electrons. The van der Waals surface area contributed by atoms with Crippen LogP contribution in [0.3, 0.4) is 0 Å². The van der Waals surface area contributed by atoms with Gasteiger partial charge in [0.05, 0.1) is 0 Å². The van der Waals surface area contributed by atoms with E-state index >= 15 is 0 Å². The molecule has 0 bridgehead atoms. The van der Waals surface area contributed by atoms with Crippen molar-refractivity contribution in [2.45, 2.75) is 65.3 Å². The summed E-state index contributed by atoms with van der Waals surface area (Å²) in [5.74, 6) is 0. The van der Waals surface area contributed by atoms with E-state index in [-0.39, 0.29) is 0 Å². The molecule has 1 unspecified atom stereocenters. The molecule has 0 aromatic carbocycles. The molecule has 1 heterocycles. The highest BCUT2D eigenvalue weighted by Crippen LogP contribution is 2.24. The van der Waals surface area contributed by atoms with Gasteiger partial charge in [0.15, 0.2) is 0 Å². The second-order valence-corrected chi connectivity index (χ2v) is 6.18. The largest absolute Gasteiger partial charge is 0.314 e. The number of rotatable bonds is 7. The van der Waals surface area contributed by atoms with Crippen LogP contribution in [0.4, 0.5) is 0 Å². The molecule has 0 saturated carbocycles. The molecule has 2 N–H and O–H groups in total. The second kappa shape index (κ2) is 6.02. The van der Waals surface area contributed by atoms with Crippen molar-refractivity contribution in [1.82, 2.24) is 10.6 Å². The van der Waals surface area contributed by atoms with Gasteiger partial charge in [-0.3, -0.25) is 0 Å². The van der Waals surface area contributed by atoms with E-state index in [1.807, 2.05) is 0 Å². The van der Waals surface area contributed by atoms with Crippen LogP contribution >= 0.6 is 0 Å². The maximum absolute atomic E-state index is 3.71. The SMILES string of the molecule is CCCC1(CNCC(C)(C)CC)CCCN1. The summed E-state index contributed by atoms with van der Waals surface area (Å²) < 4.78 is 0. The minimum absolute atomic E-state index is 0.401. The van der Waals surface area contributed by atoms with Gasteiger partial charge in [-0.1, -0.05) is 34.1 Å². The Bertz CT molecular complexity index is 193. The Labute approximate surface area is 102 Å². The molecular formula is C14H30N2. The van der Waals surface area contributed by atoms with Crippen molar-refractivity contribution in [2.75, 3.05) is 19.6 Å². The zero-order chi connectivity index (χ0) is 12.1. The monoisotopic (exact) mass is 226 g/mol. The van der Waals surface area contributed by atoms with Crippen LogP contribution in [0.5, 0.6) is 0 Å². The van der Waals surface area contributed by atoms with Gasteiger partial charge in [0.2, 0.25) is 0 Å². The first-order valence-corrected chi connectivity index (χ1v) is 6.99. The third kappa shape index (κ3) is 4.06. The molecule has 1 aliphatic rings. The lowest BCUT2D eigenvalue weighted by molar-refractivity contribution is 0.278. The molecule has 1 rings (SSSR count). The van der Waals surface area contributed by atoms with E-state index in [4.69, 9.17) is 0 Å². The normalized spacial score (nSPS) is 26.2. The van der Waals surface area contributed by atoms with Gasteiger partial charge in [-0.05, 0) is 37.6 Å². The van der Waals surface area contributed by atoms with Gasteiger partial charge in [0, 0.05) is 18.6 Å². The van der Waals surface area contributed by atoms with Crippen LogP contribution in [0, 0.1) is 5.41 Å². The Hall–Kier alpha value is -0.0800. The minimum Gasteiger partial charge on any atom is -0.314 e. The molecule has 1 saturated heterocycles. The van der Waals surface area contributed by atoms with Crippen molar-refractivity contribution in [2.24, 2.45) is 5.41 Å². The van der Waals surface area contributed by atoms with Crippen molar-refractivity contribution in [1.29, 1.82) is 0 Å². The number of hydrogen-bond donors (Lipinski definition) is 2. The standard InChI is InChI=1S/C14H30N2/c1-5-8-14(9-7-10-16-14)12-15-11-13(3,4)6-2/h15-16H,5-12H2,1-4H3. The molecule has 2 nitrogen and oxygen atoms in total. The number of hydrogen-bond acceptors (Lipinski definition) is 2. The average Bonchev–Trinajstić information content (AvgIpc) is 2.67. The lowest BCUT2D eigenvalue weighted by Crippen LogP contribution is -2.49. The topological polar surface area (TPSA) is 24.1 Å². The van der Waals surface area contributed by atoms with Gasteiger partial charge < -0.3 is 10.6 Å². The molecule has 0 aliphatic carbocycles. The van der Waals surface area contributed by atoms with Crippen LogP contribution in [-0.4, -0.2) is 25.2 Å². The molecule has 0 spiro atoms. The lowest BCUT2D eigenvalue weighted by atomic mass is 9.88. The van der Waals surface area contributed by atoms with Crippen LogP contribution in [0.1, 0.15) is 59.8 Å². The molecule has 1 atom stereocenters. The predicted octanol–water partition coefficient (Wildman–Crippen LogP) is 2.93. The van der Waals surface area contributed by atoms with E-state index in [2.05, 4.69) is 38.3 Å².